The van der Waals surface area contributed by atoms with E-state index < -0.39 is 11.9 Å². The van der Waals surface area contributed by atoms with Gasteiger partial charge in [0, 0.05) is 12.5 Å². The van der Waals surface area contributed by atoms with Gasteiger partial charge in [0.2, 0.25) is 0 Å². The SMILES string of the molecule is C[C@H]([C@H]1OC(C)(C)O[C@@H]1c1ccccc1)[C@@H](O)CCO. The highest BCUT2D eigenvalue weighted by Crippen LogP contribution is 2.42. The Morgan fingerprint density at radius 1 is 1.20 bits per heavy atom. The minimum atomic E-state index is -0.668. The van der Waals surface area contributed by atoms with E-state index in [9.17, 15) is 5.11 Å². The summed E-state index contributed by atoms with van der Waals surface area (Å²) in [5.41, 5.74) is 1.05. The van der Waals surface area contributed by atoms with Crippen LogP contribution < -0.4 is 0 Å². The minimum absolute atomic E-state index is 0.0293. The lowest BCUT2D eigenvalue weighted by molar-refractivity contribution is -0.154. The predicted molar refractivity (Wildman–Crippen MR) is 76.1 cm³/mol. The molecule has 0 radical (unpaired) electrons. The molecule has 1 heterocycles. The maximum Gasteiger partial charge on any atom is 0.164 e. The highest BCUT2D eigenvalue weighted by molar-refractivity contribution is 5.20. The van der Waals surface area contributed by atoms with E-state index in [-0.39, 0.29) is 24.7 Å². The van der Waals surface area contributed by atoms with Crippen molar-refractivity contribution in [1.82, 2.24) is 0 Å². The van der Waals surface area contributed by atoms with Gasteiger partial charge in [-0.15, -0.1) is 0 Å². The largest absolute Gasteiger partial charge is 0.396 e. The van der Waals surface area contributed by atoms with Crippen molar-refractivity contribution in [2.75, 3.05) is 6.61 Å². The minimum Gasteiger partial charge on any atom is -0.396 e. The highest BCUT2D eigenvalue weighted by Gasteiger charge is 2.45. The van der Waals surface area contributed by atoms with Gasteiger partial charge in [0.1, 0.15) is 6.10 Å². The molecule has 0 saturated carbocycles. The maximum atomic E-state index is 10.1. The Morgan fingerprint density at radius 3 is 2.45 bits per heavy atom. The highest BCUT2D eigenvalue weighted by atomic mass is 16.8. The molecular weight excluding hydrogens is 256 g/mol. The van der Waals surface area contributed by atoms with Crippen LogP contribution in [0.3, 0.4) is 0 Å². The summed E-state index contributed by atoms with van der Waals surface area (Å²) in [5.74, 6) is -0.785. The summed E-state index contributed by atoms with van der Waals surface area (Å²) < 4.78 is 12.0. The van der Waals surface area contributed by atoms with Crippen molar-refractivity contribution in [2.24, 2.45) is 5.92 Å². The first-order valence-electron chi connectivity index (χ1n) is 7.14. The zero-order valence-corrected chi connectivity index (χ0v) is 12.3. The molecule has 4 nitrogen and oxygen atoms in total. The Hall–Kier alpha value is -0.940. The smallest absolute Gasteiger partial charge is 0.164 e. The first-order chi connectivity index (χ1) is 9.44. The summed E-state index contributed by atoms with van der Waals surface area (Å²) in [6.45, 7) is 5.67. The Bertz CT molecular complexity index is 418. The van der Waals surface area contributed by atoms with Gasteiger partial charge in [0.15, 0.2) is 5.79 Å². The second-order valence-electron chi connectivity index (χ2n) is 5.87. The van der Waals surface area contributed by atoms with Crippen LogP contribution in [0.15, 0.2) is 30.3 Å². The molecule has 1 aromatic carbocycles. The maximum absolute atomic E-state index is 10.1. The number of aliphatic hydroxyl groups excluding tert-OH is 2. The van der Waals surface area contributed by atoms with Gasteiger partial charge in [-0.2, -0.15) is 0 Å². The molecule has 2 N–H and O–H groups in total. The molecule has 20 heavy (non-hydrogen) atoms. The number of rotatable bonds is 5. The Balaban J connectivity index is 2.20. The fraction of sp³-hybridized carbons (Fsp3) is 0.625. The van der Waals surface area contributed by atoms with Crippen LogP contribution in [0.2, 0.25) is 0 Å². The van der Waals surface area contributed by atoms with Crippen LogP contribution in [0, 0.1) is 5.92 Å². The number of hydrogen-bond donors (Lipinski definition) is 2. The van der Waals surface area contributed by atoms with Gasteiger partial charge < -0.3 is 19.7 Å². The molecule has 4 heteroatoms. The third kappa shape index (κ3) is 3.38. The van der Waals surface area contributed by atoms with E-state index in [0.29, 0.717) is 6.42 Å². The molecule has 2 rings (SSSR count). The Labute approximate surface area is 120 Å². The molecule has 1 fully saturated rings. The van der Waals surface area contributed by atoms with E-state index in [0.717, 1.165) is 5.56 Å². The van der Waals surface area contributed by atoms with Crippen LogP contribution in [-0.2, 0) is 9.47 Å². The molecule has 0 aromatic heterocycles. The van der Waals surface area contributed by atoms with Gasteiger partial charge in [0.05, 0.1) is 12.2 Å². The van der Waals surface area contributed by atoms with Crippen LogP contribution in [0.1, 0.15) is 38.9 Å². The van der Waals surface area contributed by atoms with E-state index in [1.54, 1.807) is 0 Å². The molecule has 0 bridgehead atoms. The van der Waals surface area contributed by atoms with Gasteiger partial charge in [-0.3, -0.25) is 0 Å². The van der Waals surface area contributed by atoms with Crippen LogP contribution >= 0.6 is 0 Å². The van der Waals surface area contributed by atoms with Crippen LogP contribution in [0.4, 0.5) is 0 Å². The van der Waals surface area contributed by atoms with Gasteiger partial charge in [-0.1, -0.05) is 37.3 Å². The molecule has 1 aliphatic rings. The third-order valence-electron chi connectivity index (χ3n) is 3.81. The standard InChI is InChI=1S/C16H24O4/c1-11(13(18)9-10-17)14-15(20-16(2,3)19-14)12-7-5-4-6-8-12/h4-8,11,13-15,17-18H,9-10H2,1-3H3/t11-,13-,14+,15+/m0/s1. The van der Waals surface area contributed by atoms with E-state index in [1.807, 2.05) is 51.1 Å². The van der Waals surface area contributed by atoms with Crippen molar-refractivity contribution in [3.8, 4) is 0 Å². The van der Waals surface area contributed by atoms with Crippen molar-refractivity contribution < 1.29 is 19.7 Å². The van der Waals surface area contributed by atoms with E-state index in [1.165, 1.54) is 0 Å². The molecule has 0 spiro atoms. The van der Waals surface area contributed by atoms with Crippen LogP contribution in [0.25, 0.3) is 0 Å². The fourth-order valence-corrected chi connectivity index (χ4v) is 2.69. The second kappa shape index (κ2) is 6.22. The number of aliphatic hydroxyl groups is 2. The topological polar surface area (TPSA) is 58.9 Å². The lowest BCUT2D eigenvalue weighted by atomic mass is 9.89. The van der Waals surface area contributed by atoms with Crippen molar-refractivity contribution >= 4 is 0 Å². The van der Waals surface area contributed by atoms with Crippen LogP contribution in [0.5, 0.6) is 0 Å². The van der Waals surface area contributed by atoms with Gasteiger partial charge in [-0.05, 0) is 25.8 Å². The Kier molecular flexibility index (Phi) is 4.81. The predicted octanol–water partition coefficient (Wildman–Crippen LogP) is 2.26. The van der Waals surface area contributed by atoms with Crippen molar-refractivity contribution in [3.05, 3.63) is 35.9 Å². The van der Waals surface area contributed by atoms with Crippen molar-refractivity contribution in [3.63, 3.8) is 0 Å². The molecular formula is C16H24O4. The summed E-state index contributed by atoms with van der Waals surface area (Å²) in [5, 5.41) is 19.1. The molecule has 1 aromatic rings. The normalized spacial score (nSPS) is 28.2. The number of hydrogen-bond acceptors (Lipinski definition) is 4. The molecule has 1 saturated heterocycles. The average molecular weight is 280 g/mol. The molecule has 0 amide bonds. The molecule has 1 aliphatic heterocycles. The molecule has 4 atom stereocenters. The average Bonchev–Trinajstić information content (AvgIpc) is 2.75. The fourth-order valence-electron chi connectivity index (χ4n) is 2.69. The summed E-state index contributed by atoms with van der Waals surface area (Å²) in [4.78, 5) is 0. The third-order valence-corrected chi connectivity index (χ3v) is 3.81. The van der Waals surface area contributed by atoms with Crippen molar-refractivity contribution in [1.29, 1.82) is 0 Å². The van der Waals surface area contributed by atoms with E-state index in [2.05, 4.69) is 0 Å². The zero-order chi connectivity index (χ0) is 14.8. The molecule has 112 valence electrons. The summed E-state index contributed by atoms with van der Waals surface area (Å²) in [6.07, 6.45) is -0.680. The first kappa shape index (κ1) is 15.4. The number of benzene rings is 1. The lowest BCUT2D eigenvalue weighted by Gasteiger charge is -2.27. The van der Waals surface area contributed by atoms with E-state index >= 15 is 0 Å². The quantitative estimate of drug-likeness (QED) is 0.868. The summed E-state index contributed by atoms with van der Waals surface area (Å²) >= 11 is 0. The molecule has 0 aliphatic carbocycles. The first-order valence-corrected chi connectivity index (χ1v) is 7.14. The molecule has 0 unspecified atom stereocenters. The lowest BCUT2D eigenvalue weighted by Crippen LogP contribution is -2.34. The second-order valence-corrected chi connectivity index (χ2v) is 5.87. The Morgan fingerprint density at radius 2 is 1.85 bits per heavy atom. The zero-order valence-electron chi connectivity index (χ0n) is 12.3. The number of ether oxygens (including phenoxy) is 2. The van der Waals surface area contributed by atoms with E-state index in [4.69, 9.17) is 14.6 Å². The monoisotopic (exact) mass is 280 g/mol. The summed E-state index contributed by atoms with van der Waals surface area (Å²) in [6, 6.07) is 9.91. The van der Waals surface area contributed by atoms with Crippen molar-refractivity contribution in [2.45, 2.75) is 51.3 Å². The van der Waals surface area contributed by atoms with Gasteiger partial charge in [-0.25, -0.2) is 0 Å². The van der Waals surface area contributed by atoms with Gasteiger partial charge in [0.25, 0.3) is 0 Å². The summed E-state index contributed by atoms with van der Waals surface area (Å²) in [7, 11) is 0. The van der Waals surface area contributed by atoms with Gasteiger partial charge >= 0.3 is 0 Å². The van der Waals surface area contributed by atoms with Crippen LogP contribution in [-0.4, -0.2) is 34.8 Å².